The standard InChI is InChI=1S/C18H25O5P/c1-18-9-8-14-13-5-3-12(23-24(20,21)22)10-11(13)2-4-15(14)16(18)6-7-17(18)19/h3,5,10,14-17,19H,2,4,6-9H2,1H3,(H2,20,21,22)/t14-,15+,16+,17+,18+/m1/s1. The molecule has 5 atom stereocenters. The highest BCUT2D eigenvalue weighted by Crippen LogP contribution is 2.61. The molecule has 0 saturated heterocycles. The molecule has 2 fully saturated rings. The summed E-state index contributed by atoms with van der Waals surface area (Å²) >= 11 is 0. The average molecular weight is 352 g/mol. The number of aliphatic hydroxyl groups excluding tert-OH is 1. The fourth-order valence-electron chi connectivity index (χ4n) is 5.73. The Labute approximate surface area is 142 Å². The van der Waals surface area contributed by atoms with Crippen molar-refractivity contribution in [1.29, 1.82) is 0 Å². The van der Waals surface area contributed by atoms with Crippen LogP contribution in [0.15, 0.2) is 18.2 Å². The Morgan fingerprint density at radius 3 is 2.75 bits per heavy atom. The molecule has 3 aliphatic carbocycles. The van der Waals surface area contributed by atoms with Crippen LogP contribution >= 0.6 is 7.82 Å². The SMILES string of the molecule is C[C@]12CC[C@@H]3c4ccc(OP(=O)(O)O)cc4CC[C@@H]3[C@@H]1CC[C@@H]2O. The molecular weight excluding hydrogens is 327 g/mol. The molecule has 0 heterocycles. The van der Waals surface area contributed by atoms with Crippen LogP contribution in [0.1, 0.15) is 56.1 Å². The van der Waals surface area contributed by atoms with Gasteiger partial charge in [0, 0.05) is 0 Å². The van der Waals surface area contributed by atoms with Gasteiger partial charge in [0.05, 0.1) is 6.10 Å². The van der Waals surface area contributed by atoms with E-state index < -0.39 is 7.82 Å². The van der Waals surface area contributed by atoms with Crippen LogP contribution in [0.25, 0.3) is 0 Å². The summed E-state index contributed by atoms with van der Waals surface area (Å²) < 4.78 is 15.8. The molecule has 24 heavy (non-hydrogen) atoms. The van der Waals surface area contributed by atoms with Crippen LogP contribution in [0, 0.1) is 17.3 Å². The van der Waals surface area contributed by atoms with Gasteiger partial charge in [0.2, 0.25) is 0 Å². The molecule has 0 amide bonds. The number of hydrogen-bond donors (Lipinski definition) is 3. The highest BCUT2D eigenvalue weighted by Gasteiger charge is 2.54. The predicted molar refractivity (Wildman–Crippen MR) is 89.7 cm³/mol. The van der Waals surface area contributed by atoms with Crippen LogP contribution in [0.4, 0.5) is 0 Å². The van der Waals surface area contributed by atoms with E-state index in [4.69, 9.17) is 14.3 Å². The normalized spacial score (nSPS) is 38.2. The zero-order chi connectivity index (χ0) is 17.1. The molecule has 3 aliphatic rings. The first-order valence-electron chi connectivity index (χ1n) is 8.84. The Hall–Kier alpha value is -0.870. The first-order valence-corrected chi connectivity index (χ1v) is 10.4. The van der Waals surface area contributed by atoms with E-state index in [1.807, 2.05) is 6.07 Å². The maximum absolute atomic E-state index is 11.0. The maximum Gasteiger partial charge on any atom is 0.524 e. The molecule has 1 aromatic carbocycles. The van der Waals surface area contributed by atoms with Gasteiger partial charge in [0.1, 0.15) is 5.75 Å². The second kappa shape index (κ2) is 5.57. The molecule has 5 nitrogen and oxygen atoms in total. The van der Waals surface area contributed by atoms with Crippen LogP contribution in [-0.2, 0) is 11.0 Å². The van der Waals surface area contributed by atoms with E-state index >= 15 is 0 Å². The highest BCUT2D eigenvalue weighted by atomic mass is 31.2. The second-order valence-corrected chi connectivity index (χ2v) is 9.16. The molecule has 4 rings (SSSR count). The van der Waals surface area contributed by atoms with Crippen LogP contribution < -0.4 is 4.52 Å². The Balaban J connectivity index is 1.62. The monoisotopic (exact) mass is 352 g/mol. The highest BCUT2D eigenvalue weighted by molar-refractivity contribution is 7.46. The zero-order valence-corrected chi connectivity index (χ0v) is 14.8. The van der Waals surface area contributed by atoms with Crippen LogP contribution in [0.3, 0.4) is 0 Å². The minimum absolute atomic E-state index is 0.0716. The summed E-state index contributed by atoms with van der Waals surface area (Å²) in [4.78, 5) is 18.0. The van der Waals surface area contributed by atoms with Gasteiger partial charge in [-0.1, -0.05) is 13.0 Å². The fourth-order valence-corrected chi connectivity index (χ4v) is 6.11. The lowest BCUT2D eigenvalue weighted by atomic mass is 9.55. The Bertz CT molecular complexity index is 699. The molecule has 0 bridgehead atoms. The Morgan fingerprint density at radius 2 is 2.00 bits per heavy atom. The summed E-state index contributed by atoms with van der Waals surface area (Å²) in [5.41, 5.74) is 2.54. The van der Waals surface area contributed by atoms with E-state index in [-0.39, 0.29) is 17.3 Å². The molecular formula is C18H25O5P. The number of phosphoric acid groups is 1. The van der Waals surface area contributed by atoms with Crippen molar-refractivity contribution in [3.8, 4) is 5.75 Å². The number of rotatable bonds is 2. The van der Waals surface area contributed by atoms with Crippen molar-refractivity contribution in [2.24, 2.45) is 17.3 Å². The minimum Gasteiger partial charge on any atom is -0.404 e. The summed E-state index contributed by atoms with van der Waals surface area (Å²) in [6.07, 6.45) is 6.02. The molecule has 0 spiro atoms. The van der Waals surface area contributed by atoms with Crippen LogP contribution in [-0.4, -0.2) is 21.0 Å². The van der Waals surface area contributed by atoms with Gasteiger partial charge in [-0.2, -0.15) is 0 Å². The molecule has 3 N–H and O–H groups in total. The van der Waals surface area contributed by atoms with Crippen LogP contribution in [0.5, 0.6) is 5.75 Å². The van der Waals surface area contributed by atoms with Crippen molar-refractivity contribution in [3.63, 3.8) is 0 Å². The molecule has 0 aliphatic heterocycles. The quantitative estimate of drug-likeness (QED) is 0.711. The summed E-state index contributed by atoms with van der Waals surface area (Å²) in [6.45, 7) is 2.26. The minimum atomic E-state index is -4.51. The molecule has 0 unspecified atom stereocenters. The smallest absolute Gasteiger partial charge is 0.404 e. The third-order valence-electron chi connectivity index (χ3n) is 6.87. The Kier molecular flexibility index (Phi) is 3.85. The first kappa shape index (κ1) is 16.6. The number of phosphoric ester groups is 1. The second-order valence-electron chi connectivity index (χ2n) is 8.00. The molecule has 2 saturated carbocycles. The molecule has 0 radical (unpaired) electrons. The average Bonchev–Trinajstić information content (AvgIpc) is 2.81. The van der Waals surface area contributed by atoms with Gasteiger partial charge in [-0.15, -0.1) is 0 Å². The third-order valence-corrected chi connectivity index (χ3v) is 7.32. The van der Waals surface area contributed by atoms with Gasteiger partial charge >= 0.3 is 7.82 Å². The zero-order valence-electron chi connectivity index (χ0n) is 13.9. The first-order chi connectivity index (χ1) is 11.3. The molecule has 6 heteroatoms. The molecule has 1 aromatic rings. The molecule has 132 valence electrons. The van der Waals surface area contributed by atoms with Crippen LogP contribution in [0.2, 0.25) is 0 Å². The van der Waals surface area contributed by atoms with Crippen molar-refractivity contribution >= 4 is 7.82 Å². The summed E-state index contributed by atoms with van der Waals surface area (Å²) in [7, 11) is -4.51. The van der Waals surface area contributed by atoms with E-state index in [0.29, 0.717) is 17.8 Å². The van der Waals surface area contributed by atoms with Crippen molar-refractivity contribution in [3.05, 3.63) is 29.3 Å². The maximum atomic E-state index is 11.0. The number of benzene rings is 1. The van der Waals surface area contributed by atoms with E-state index in [0.717, 1.165) is 44.1 Å². The molecule has 0 aromatic heterocycles. The van der Waals surface area contributed by atoms with E-state index in [1.54, 1.807) is 12.1 Å². The largest absolute Gasteiger partial charge is 0.524 e. The van der Waals surface area contributed by atoms with Gasteiger partial charge in [0.25, 0.3) is 0 Å². The number of fused-ring (bicyclic) bond motifs is 5. The summed E-state index contributed by atoms with van der Waals surface area (Å²) in [5, 5.41) is 10.4. The Morgan fingerprint density at radius 1 is 1.21 bits per heavy atom. The van der Waals surface area contributed by atoms with Gasteiger partial charge in [0.15, 0.2) is 0 Å². The van der Waals surface area contributed by atoms with Crippen molar-refractivity contribution in [1.82, 2.24) is 0 Å². The number of aliphatic hydroxyl groups is 1. The summed E-state index contributed by atoms with van der Waals surface area (Å²) in [6, 6.07) is 5.46. The lowest BCUT2D eigenvalue weighted by Crippen LogP contribution is -2.43. The lowest BCUT2D eigenvalue weighted by molar-refractivity contribution is -0.0226. The lowest BCUT2D eigenvalue weighted by Gasteiger charge is -2.50. The van der Waals surface area contributed by atoms with Gasteiger partial charge in [-0.25, -0.2) is 4.57 Å². The third kappa shape index (κ3) is 2.62. The van der Waals surface area contributed by atoms with Gasteiger partial charge in [-0.05, 0) is 85.0 Å². The number of hydrogen-bond acceptors (Lipinski definition) is 3. The van der Waals surface area contributed by atoms with Crippen molar-refractivity contribution < 1.29 is 24.0 Å². The summed E-state index contributed by atoms with van der Waals surface area (Å²) in [5.74, 6) is 1.95. The van der Waals surface area contributed by atoms with E-state index in [1.165, 1.54) is 5.56 Å². The topological polar surface area (TPSA) is 87.0 Å². The number of aryl methyl sites for hydroxylation is 1. The fraction of sp³-hybridized carbons (Fsp3) is 0.667. The van der Waals surface area contributed by atoms with E-state index in [2.05, 4.69) is 6.92 Å². The van der Waals surface area contributed by atoms with Gasteiger partial charge in [-0.3, -0.25) is 9.79 Å². The van der Waals surface area contributed by atoms with E-state index in [9.17, 15) is 9.67 Å². The predicted octanol–water partition coefficient (Wildman–Crippen LogP) is 3.38. The van der Waals surface area contributed by atoms with Crippen molar-refractivity contribution in [2.75, 3.05) is 0 Å². The van der Waals surface area contributed by atoms with Gasteiger partial charge < -0.3 is 9.63 Å². The van der Waals surface area contributed by atoms with Crippen molar-refractivity contribution in [2.45, 2.75) is 57.5 Å².